The monoisotopic (exact) mass is 344 g/mol. The number of rotatable bonds is 1. The number of nitrogens with one attached hydrogen (secondary N) is 1. The van der Waals surface area contributed by atoms with Gasteiger partial charge >= 0.3 is 0 Å². The lowest BCUT2D eigenvalue weighted by atomic mass is 9.97. The molecule has 0 radical (unpaired) electrons. The molecule has 1 aliphatic heterocycles. The minimum Gasteiger partial charge on any atom is -0.367 e. The zero-order chi connectivity index (χ0) is 14.2. The molecule has 1 aliphatic carbocycles. The van der Waals surface area contributed by atoms with Gasteiger partial charge in [0, 0.05) is 24.7 Å². The van der Waals surface area contributed by atoms with Crippen LogP contribution in [0.1, 0.15) is 32.1 Å². The molecule has 1 N–H and O–H groups in total. The number of anilines is 1. The zero-order valence-corrected chi connectivity index (χ0v) is 13.0. The van der Waals surface area contributed by atoms with E-state index in [1.807, 2.05) is 0 Å². The first-order chi connectivity index (χ1) is 9.60. The van der Waals surface area contributed by atoms with E-state index in [-0.39, 0.29) is 5.54 Å². The van der Waals surface area contributed by atoms with E-state index < -0.39 is 11.6 Å². The average Bonchev–Trinajstić information content (AvgIpc) is 2.75. The SMILES string of the molecule is Fc1cc(F)c(N2CCCNC3(CCCC3)C2)cc1Br. The first-order valence-electron chi connectivity index (χ1n) is 7.24. The molecule has 5 heteroatoms. The molecule has 0 atom stereocenters. The molecule has 1 saturated heterocycles. The van der Waals surface area contributed by atoms with Crippen molar-refractivity contribution in [2.75, 3.05) is 24.5 Å². The van der Waals surface area contributed by atoms with Crippen molar-refractivity contribution in [1.82, 2.24) is 5.32 Å². The molecule has 1 spiro atoms. The van der Waals surface area contributed by atoms with Crippen molar-refractivity contribution in [3.8, 4) is 0 Å². The molecule has 2 fully saturated rings. The van der Waals surface area contributed by atoms with Crippen molar-refractivity contribution in [2.24, 2.45) is 0 Å². The van der Waals surface area contributed by atoms with E-state index in [0.29, 0.717) is 10.2 Å². The summed E-state index contributed by atoms with van der Waals surface area (Å²) in [6.45, 7) is 2.59. The smallest absolute Gasteiger partial charge is 0.149 e. The summed E-state index contributed by atoms with van der Waals surface area (Å²) in [5.41, 5.74) is 0.623. The second kappa shape index (κ2) is 5.60. The minimum absolute atomic E-state index is 0.115. The number of hydrogen-bond donors (Lipinski definition) is 1. The van der Waals surface area contributed by atoms with Crippen LogP contribution in [-0.4, -0.2) is 25.2 Å². The van der Waals surface area contributed by atoms with Gasteiger partial charge in [-0.2, -0.15) is 0 Å². The third kappa shape index (κ3) is 2.70. The molecule has 0 aromatic heterocycles. The third-order valence-electron chi connectivity index (χ3n) is 4.49. The molecule has 110 valence electrons. The number of halogens is 3. The van der Waals surface area contributed by atoms with Gasteiger partial charge in [-0.15, -0.1) is 0 Å². The molecule has 3 rings (SSSR count). The number of nitrogens with zero attached hydrogens (tertiary/aromatic N) is 1. The Morgan fingerprint density at radius 3 is 2.60 bits per heavy atom. The zero-order valence-electron chi connectivity index (χ0n) is 11.4. The van der Waals surface area contributed by atoms with Crippen LogP contribution in [0.5, 0.6) is 0 Å². The molecule has 0 amide bonds. The maximum Gasteiger partial charge on any atom is 0.149 e. The maximum absolute atomic E-state index is 14.1. The Balaban J connectivity index is 1.90. The van der Waals surface area contributed by atoms with Crippen LogP contribution >= 0.6 is 15.9 Å². The van der Waals surface area contributed by atoms with E-state index in [0.717, 1.165) is 45.0 Å². The fourth-order valence-corrected chi connectivity index (χ4v) is 3.80. The summed E-state index contributed by atoms with van der Waals surface area (Å²) in [6.07, 6.45) is 5.74. The number of benzene rings is 1. The molecule has 2 aliphatic rings. The van der Waals surface area contributed by atoms with Crippen molar-refractivity contribution in [3.63, 3.8) is 0 Å². The van der Waals surface area contributed by atoms with Gasteiger partial charge in [0.2, 0.25) is 0 Å². The molecule has 1 aromatic carbocycles. The van der Waals surface area contributed by atoms with Gasteiger partial charge in [0.25, 0.3) is 0 Å². The average molecular weight is 345 g/mol. The van der Waals surface area contributed by atoms with Gasteiger partial charge in [-0.1, -0.05) is 12.8 Å². The minimum atomic E-state index is -0.547. The van der Waals surface area contributed by atoms with Gasteiger partial charge in [0.05, 0.1) is 10.2 Å². The first-order valence-corrected chi connectivity index (χ1v) is 8.03. The summed E-state index contributed by atoms with van der Waals surface area (Å²) in [7, 11) is 0. The van der Waals surface area contributed by atoms with E-state index in [2.05, 4.69) is 26.1 Å². The van der Waals surface area contributed by atoms with E-state index >= 15 is 0 Å². The largest absolute Gasteiger partial charge is 0.367 e. The Morgan fingerprint density at radius 1 is 1.10 bits per heavy atom. The van der Waals surface area contributed by atoms with Crippen LogP contribution in [0.2, 0.25) is 0 Å². The second-order valence-corrected chi connectivity index (χ2v) is 6.76. The molecular weight excluding hydrogens is 326 g/mol. The summed E-state index contributed by atoms with van der Waals surface area (Å²) in [4.78, 5) is 2.07. The van der Waals surface area contributed by atoms with Crippen molar-refractivity contribution < 1.29 is 8.78 Å². The van der Waals surface area contributed by atoms with E-state index in [1.165, 1.54) is 12.8 Å². The molecule has 2 nitrogen and oxygen atoms in total. The fraction of sp³-hybridized carbons (Fsp3) is 0.600. The van der Waals surface area contributed by atoms with Gasteiger partial charge in [0.1, 0.15) is 11.6 Å². The normalized spacial score (nSPS) is 22.2. The van der Waals surface area contributed by atoms with E-state index in [9.17, 15) is 8.78 Å². The van der Waals surface area contributed by atoms with Gasteiger partial charge in [-0.25, -0.2) is 8.78 Å². The van der Waals surface area contributed by atoms with Gasteiger partial charge in [-0.05, 0) is 47.8 Å². The van der Waals surface area contributed by atoms with E-state index in [4.69, 9.17) is 0 Å². The Morgan fingerprint density at radius 2 is 1.85 bits per heavy atom. The predicted octanol–water partition coefficient (Wildman–Crippen LogP) is 3.84. The molecule has 0 unspecified atom stereocenters. The quantitative estimate of drug-likeness (QED) is 0.778. The summed E-state index contributed by atoms with van der Waals surface area (Å²) >= 11 is 3.16. The molecule has 1 saturated carbocycles. The summed E-state index contributed by atoms with van der Waals surface area (Å²) in [5, 5.41) is 3.65. The topological polar surface area (TPSA) is 15.3 Å². The summed E-state index contributed by atoms with van der Waals surface area (Å²) in [5.74, 6) is -1.02. The lowest BCUT2D eigenvalue weighted by Gasteiger charge is -2.34. The Labute approximate surface area is 126 Å². The highest BCUT2D eigenvalue weighted by Gasteiger charge is 2.37. The fourth-order valence-electron chi connectivity index (χ4n) is 3.47. The van der Waals surface area contributed by atoms with E-state index in [1.54, 1.807) is 6.07 Å². The first kappa shape index (κ1) is 14.3. The highest BCUT2D eigenvalue weighted by Crippen LogP contribution is 2.35. The molecule has 0 bridgehead atoms. The van der Waals surface area contributed by atoms with Crippen LogP contribution in [0.3, 0.4) is 0 Å². The van der Waals surface area contributed by atoms with Crippen LogP contribution in [0.25, 0.3) is 0 Å². The van der Waals surface area contributed by atoms with Crippen molar-refractivity contribution in [3.05, 3.63) is 28.2 Å². The highest BCUT2D eigenvalue weighted by molar-refractivity contribution is 9.10. The van der Waals surface area contributed by atoms with Crippen molar-refractivity contribution in [2.45, 2.75) is 37.6 Å². The van der Waals surface area contributed by atoms with Crippen LogP contribution in [0.15, 0.2) is 16.6 Å². The van der Waals surface area contributed by atoms with Gasteiger partial charge in [0.15, 0.2) is 0 Å². The van der Waals surface area contributed by atoms with Gasteiger partial charge < -0.3 is 10.2 Å². The van der Waals surface area contributed by atoms with Crippen LogP contribution < -0.4 is 10.2 Å². The third-order valence-corrected chi connectivity index (χ3v) is 5.10. The Kier molecular flexibility index (Phi) is 4.00. The van der Waals surface area contributed by atoms with Crippen molar-refractivity contribution in [1.29, 1.82) is 0 Å². The second-order valence-electron chi connectivity index (χ2n) is 5.91. The highest BCUT2D eigenvalue weighted by atomic mass is 79.9. The van der Waals surface area contributed by atoms with Crippen molar-refractivity contribution >= 4 is 21.6 Å². The predicted molar refractivity (Wildman–Crippen MR) is 80.1 cm³/mol. The summed E-state index contributed by atoms with van der Waals surface area (Å²) < 4.78 is 27.8. The molecular formula is C15H19BrF2N2. The standard InChI is InChI=1S/C15H19BrF2N2/c16-11-8-14(13(18)9-12(11)17)20-7-3-6-19-15(10-20)4-1-2-5-15/h8-9,19H,1-7,10H2. The van der Waals surface area contributed by atoms with Crippen LogP contribution in [-0.2, 0) is 0 Å². The van der Waals surface area contributed by atoms with Crippen LogP contribution in [0.4, 0.5) is 14.5 Å². The van der Waals surface area contributed by atoms with Gasteiger partial charge in [-0.3, -0.25) is 0 Å². The lowest BCUT2D eigenvalue weighted by molar-refractivity contribution is 0.354. The molecule has 1 aromatic rings. The maximum atomic E-state index is 14.1. The Bertz CT molecular complexity index is 501. The lowest BCUT2D eigenvalue weighted by Crippen LogP contribution is -2.49. The molecule has 20 heavy (non-hydrogen) atoms. The number of hydrogen-bond acceptors (Lipinski definition) is 2. The Hall–Kier alpha value is -0.680. The molecule has 1 heterocycles. The summed E-state index contributed by atoms with van der Waals surface area (Å²) in [6, 6.07) is 2.54. The van der Waals surface area contributed by atoms with Crippen LogP contribution in [0, 0.1) is 11.6 Å².